The first-order valence-corrected chi connectivity index (χ1v) is 7.04. The molecular weight excluding hydrogens is 252 g/mol. The molecule has 0 saturated carbocycles. The summed E-state index contributed by atoms with van der Waals surface area (Å²) in [7, 11) is 1.85. The summed E-state index contributed by atoms with van der Waals surface area (Å²) >= 11 is 0. The van der Waals surface area contributed by atoms with Gasteiger partial charge in [-0.2, -0.15) is 0 Å². The minimum Gasteiger partial charge on any atom is -0.343 e. The molecule has 0 bridgehead atoms. The van der Waals surface area contributed by atoms with E-state index in [-0.39, 0.29) is 18.0 Å². The molecule has 1 aromatic heterocycles. The number of piperazine rings is 1. The van der Waals surface area contributed by atoms with E-state index in [4.69, 9.17) is 5.73 Å². The Hall–Kier alpha value is -1.46. The number of rotatable bonds is 3. The predicted octanol–water partition coefficient (Wildman–Crippen LogP) is 1.02. The van der Waals surface area contributed by atoms with E-state index in [0.29, 0.717) is 0 Å². The zero-order chi connectivity index (χ0) is 14.9. The van der Waals surface area contributed by atoms with Gasteiger partial charge in [0.1, 0.15) is 0 Å². The molecule has 0 spiro atoms. The lowest BCUT2D eigenvalue weighted by Crippen LogP contribution is -2.64. The Kier molecular flexibility index (Phi) is 4.11. The third-order valence-corrected chi connectivity index (χ3v) is 4.09. The van der Waals surface area contributed by atoms with Crippen LogP contribution < -0.4 is 5.73 Å². The van der Waals surface area contributed by atoms with Crippen molar-refractivity contribution in [3.8, 4) is 0 Å². The lowest BCUT2D eigenvalue weighted by atomic mass is 9.91. The summed E-state index contributed by atoms with van der Waals surface area (Å²) < 4.78 is 0. The van der Waals surface area contributed by atoms with E-state index < -0.39 is 5.54 Å². The van der Waals surface area contributed by atoms with E-state index in [0.717, 1.165) is 18.8 Å². The molecule has 0 aliphatic carbocycles. The van der Waals surface area contributed by atoms with Gasteiger partial charge in [0.15, 0.2) is 0 Å². The molecule has 5 heteroatoms. The molecule has 2 unspecified atom stereocenters. The first-order chi connectivity index (χ1) is 9.35. The van der Waals surface area contributed by atoms with Gasteiger partial charge < -0.3 is 10.6 Å². The highest BCUT2D eigenvalue weighted by atomic mass is 16.2. The van der Waals surface area contributed by atoms with Crippen LogP contribution in [0.3, 0.4) is 0 Å². The van der Waals surface area contributed by atoms with Gasteiger partial charge in [-0.3, -0.25) is 14.7 Å². The number of hydrogen-bond acceptors (Lipinski definition) is 4. The Bertz CT molecular complexity index is 472. The van der Waals surface area contributed by atoms with Gasteiger partial charge in [0.25, 0.3) is 0 Å². The molecule has 1 saturated heterocycles. The Morgan fingerprint density at radius 3 is 2.60 bits per heavy atom. The maximum absolute atomic E-state index is 12.4. The van der Waals surface area contributed by atoms with Crippen LogP contribution in [0.2, 0.25) is 0 Å². The molecule has 1 amide bonds. The van der Waals surface area contributed by atoms with Crippen molar-refractivity contribution in [3.63, 3.8) is 0 Å². The first-order valence-electron chi connectivity index (χ1n) is 7.04. The number of nitrogens with two attached hydrogens (primary N) is 1. The summed E-state index contributed by atoms with van der Waals surface area (Å²) in [5.74, 6) is 0.130. The van der Waals surface area contributed by atoms with Gasteiger partial charge in [0.2, 0.25) is 5.91 Å². The van der Waals surface area contributed by atoms with Crippen molar-refractivity contribution < 1.29 is 4.79 Å². The van der Waals surface area contributed by atoms with E-state index >= 15 is 0 Å². The number of hydrogen-bond donors (Lipinski definition) is 1. The monoisotopic (exact) mass is 276 g/mol. The summed E-state index contributed by atoms with van der Waals surface area (Å²) in [4.78, 5) is 20.8. The fraction of sp³-hybridized carbons (Fsp3) is 0.600. The van der Waals surface area contributed by atoms with Crippen molar-refractivity contribution in [1.82, 2.24) is 14.8 Å². The van der Waals surface area contributed by atoms with Crippen LogP contribution in [-0.2, 0) is 4.79 Å². The molecule has 0 radical (unpaired) electrons. The van der Waals surface area contributed by atoms with Gasteiger partial charge in [-0.1, -0.05) is 6.07 Å². The van der Waals surface area contributed by atoms with E-state index in [1.54, 1.807) is 11.1 Å². The molecule has 5 nitrogen and oxygen atoms in total. The second-order valence-electron chi connectivity index (χ2n) is 6.04. The van der Waals surface area contributed by atoms with E-state index in [1.165, 1.54) is 0 Å². The lowest BCUT2D eigenvalue weighted by molar-refractivity contribution is -0.150. The van der Waals surface area contributed by atoms with Crippen LogP contribution in [0.1, 0.15) is 32.5 Å². The van der Waals surface area contributed by atoms with Crippen LogP contribution in [0.5, 0.6) is 0 Å². The number of aromatic nitrogens is 1. The van der Waals surface area contributed by atoms with Crippen LogP contribution >= 0.6 is 0 Å². The van der Waals surface area contributed by atoms with Crippen molar-refractivity contribution in [3.05, 3.63) is 30.1 Å². The summed E-state index contributed by atoms with van der Waals surface area (Å²) in [6.45, 7) is 7.42. The Morgan fingerprint density at radius 1 is 1.35 bits per heavy atom. The van der Waals surface area contributed by atoms with E-state index in [9.17, 15) is 4.79 Å². The normalized spacial score (nSPS) is 22.6. The minimum atomic E-state index is -0.567. The highest BCUT2D eigenvalue weighted by Gasteiger charge is 2.45. The van der Waals surface area contributed by atoms with Gasteiger partial charge in [0.05, 0.1) is 17.3 Å². The number of pyridine rings is 1. The summed E-state index contributed by atoms with van der Waals surface area (Å²) in [6, 6.07) is 5.68. The molecule has 1 aromatic rings. The SMILES string of the molecule is CC(N)C(c1ccccn1)N1CCN(C)C(=O)C1(C)C. The topological polar surface area (TPSA) is 62.5 Å². The van der Waals surface area contributed by atoms with Crippen molar-refractivity contribution in [2.75, 3.05) is 20.1 Å². The number of carbonyl (C=O) groups is 1. The molecular formula is C15H24N4O. The average Bonchev–Trinajstić information content (AvgIpc) is 2.40. The van der Waals surface area contributed by atoms with Crippen molar-refractivity contribution in [2.24, 2.45) is 5.73 Å². The molecule has 2 N–H and O–H groups in total. The van der Waals surface area contributed by atoms with E-state index in [2.05, 4.69) is 9.88 Å². The van der Waals surface area contributed by atoms with Crippen LogP contribution in [0.15, 0.2) is 24.4 Å². The number of amides is 1. The molecule has 20 heavy (non-hydrogen) atoms. The highest BCUT2D eigenvalue weighted by Crippen LogP contribution is 2.32. The molecule has 0 aromatic carbocycles. The smallest absolute Gasteiger partial charge is 0.242 e. The molecule has 2 heterocycles. The number of likely N-dealkylation sites (N-methyl/N-ethyl adjacent to an activating group) is 1. The second-order valence-corrected chi connectivity index (χ2v) is 6.04. The largest absolute Gasteiger partial charge is 0.343 e. The Morgan fingerprint density at radius 2 is 2.05 bits per heavy atom. The average molecular weight is 276 g/mol. The van der Waals surface area contributed by atoms with Crippen LogP contribution in [0, 0.1) is 0 Å². The summed E-state index contributed by atoms with van der Waals surface area (Å²) in [6.07, 6.45) is 1.77. The van der Waals surface area contributed by atoms with E-state index in [1.807, 2.05) is 46.0 Å². The summed E-state index contributed by atoms with van der Waals surface area (Å²) in [5, 5.41) is 0. The molecule has 1 aliphatic heterocycles. The molecule has 110 valence electrons. The van der Waals surface area contributed by atoms with Gasteiger partial charge >= 0.3 is 0 Å². The Balaban J connectivity index is 2.38. The van der Waals surface area contributed by atoms with Crippen LogP contribution in [0.25, 0.3) is 0 Å². The quantitative estimate of drug-likeness (QED) is 0.895. The molecule has 1 aliphatic rings. The van der Waals surface area contributed by atoms with Gasteiger partial charge in [-0.05, 0) is 32.9 Å². The van der Waals surface area contributed by atoms with Crippen molar-refractivity contribution in [1.29, 1.82) is 0 Å². The molecule has 2 rings (SSSR count). The number of nitrogens with zero attached hydrogens (tertiary/aromatic N) is 3. The van der Waals surface area contributed by atoms with Gasteiger partial charge in [0, 0.05) is 32.4 Å². The lowest BCUT2D eigenvalue weighted by Gasteiger charge is -2.49. The standard InChI is InChI=1S/C15H24N4O/c1-11(16)13(12-7-5-6-8-17-12)19-10-9-18(4)14(20)15(19,2)3/h5-8,11,13H,9-10,16H2,1-4H3. The molecule has 2 atom stereocenters. The zero-order valence-electron chi connectivity index (χ0n) is 12.7. The highest BCUT2D eigenvalue weighted by molar-refractivity contribution is 5.86. The molecule has 1 fully saturated rings. The predicted molar refractivity (Wildman–Crippen MR) is 79.0 cm³/mol. The maximum Gasteiger partial charge on any atom is 0.242 e. The fourth-order valence-electron chi connectivity index (χ4n) is 2.98. The van der Waals surface area contributed by atoms with Crippen LogP contribution in [0.4, 0.5) is 0 Å². The van der Waals surface area contributed by atoms with Crippen LogP contribution in [-0.4, -0.2) is 52.4 Å². The third-order valence-electron chi connectivity index (χ3n) is 4.09. The maximum atomic E-state index is 12.4. The third kappa shape index (κ3) is 2.55. The van der Waals surface area contributed by atoms with Crippen molar-refractivity contribution >= 4 is 5.91 Å². The van der Waals surface area contributed by atoms with Gasteiger partial charge in [-0.15, -0.1) is 0 Å². The second kappa shape index (κ2) is 5.50. The minimum absolute atomic E-state index is 0.0520. The van der Waals surface area contributed by atoms with Crippen molar-refractivity contribution in [2.45, 2.75) is 38.4 Å². The Labute approximate surface area is 120 Å². The van der Waals surface area contributed by atoms with Gasteiger partial charge in [-0.25, -0.2) is 0 Å². The zero-order valence-corrected chi connectivity index (χ0v) is 12.7. The summed E-state index contributed by atoms with van der Waals surface area (Å²) in [5.41, 5.74) is 6.55. The fourth-order valence-corrected chi connectivity index (χ4v) is 2.98. The first kappa shape index (κ1) is 14.9. The number of carbonyl (C=O) groups excluding carboxylic acids is 1.